The van der Waals surface area contributed by atoms with Gasteiger partial charge in [-0.05, 0) is 46.6 Å². The van der Waals surface area contributed by atoms with Crippen LogP contribution in [0.5, 0.6) is 0 Å². The predicted octanol–water partition coefficient (Wildman–Crippen LogP) is 2.05. The van der Waals surface area contributed by atoms with Crippen LogP contribution in [-0.4, -0.2) is 63.1 Å². The third-order valence-electron chi connectivity index (χ3n) is 5.85. The molecular weight excluding hydrogens is 370 g/mol. The number of rotatable bonds is 4. The zero-order chi connectivity index (χ0) is 20.5. The van der Waals surface area contributed by atoms with E-state index in [4.69, 9.17) is 9.47 Å². The molecular formula is C21H29N5O3. The second kappa shape index (κ2) is 8.20. The lowest BCUT2D eigenvalue weighted by atomic mass is 9.95. The number of aromatic nitrogens is 4. The van der Waals surface area contributed by atoms with Crippen molar-refractivity contribution >= 4 is 5.91 Å². The molecule has 0 radical (unpaired) electrons. The summed E-state index contributed by atoms with van der Waals surface area (Å²) in [4.78, 5) is 23.9. The third kappa shape index (κ3) is 4.18. The first-order valence-corrected chi connectivity index (χ1v) is 10.3. The van der Waals surface area contributed by atoms with Crippen LogP contribution in [0.3, 0.4) is 0 Å². The van der Waals surface area contributed by atoms with Crippen LogP contribution in [0.4, 0.5) is 0 Å². The van der Waals surface area contributed by atoms with Crippen molar-refractivity contribution in [3.63, 3.8) is 0 Å². The summed E-state index contributed by atoms with van der Waals surface area (Å²) in [6.45, 7) is 10.7. The molecule has 2 aliphatic heterocycles. The van der Waals surface area contributed by atoms with Crippen LogP contribution in [0.2, 0.25) is 0 Å². The number of piperidine rings is 1. The molecule has 2 aromatic rings. The zero-order valence-electron chi connectivity index (χ0n) is 17.6. The molecule has 29 heavy (non-hydrogen) atoms. The zero-order valence-corrected chi connectivity index (χ0v) is 17.6. The Bertz CT molecular complexity index is 876. The van der Waals surface area contributed by atoms with E-state index in [1.807, 2.05) is 38.7 Å². The van der Waals surface area contributed by atoms with E-state index in [-0.39, 0.29) is 12.2 Å². The molecule has 0 unspecified atom stereocenters. The van der Waals surface area contributed by atoms with Gasteiger partial charge in [0.2, 0.25) is 5.91 Å². The molecule has 2 aromatic heterocycles. The van der Waals surface area contributed by atoms with Crippen molar-refractivity contribution in [1.29, 1.82) is 0 Å². The fourth-order valence-corrected chi connectivity index (χ4v) is 4.26. The van der Waals surface area contributed by atoms with E-state index in [1.54, 1.807) is 4.68 Å². The van der Waals surface area contributed by atoms with Gasteiger partial charge in [0.05, 0.1) is 25.3 Å². The lowest BCUT2D eigenvalue weighted by molar-refractivity contribution is -0.136. The van der Waals surface area contributed by atoms with Crippen LogP contribution in [0.15, 0.2) is 6.07 Å². The Labute approximate surface area is 171 Å². The summed E-state index contributed by atoms with van der Waals surface area (Å²) in [5, 5.41) is 4.61. The number of ether oxygens (including phenoxy) is 2. The fourth-order valence-electron chi connectivity index (χ4n) is 4.26. The first-order valence-electron chi connectivity index (χ1n) is 10.3. The Hall–Kier alpha value is -2.32. The molecule has 0 atom stereocenters. The molecule has 2 aliphatic rings. The maximum atomic E-state index is 12.9. The van der Waals surface area contributed by atoms with Crippen molar-refractivity contribution in [3.05, 3.63) is 34.4 Å². The van der Waals surface area contributed by atoms with E-state index in [9.17, 15) is 4.79 Å². The highest BCUT2D eigenvalue weighted by Crippen LogP contribution is 2.26. The first-order chi connectivity index (χ1) is 13.9. The van der Waals surface area contributed by atoms with Gasteiger partial charge in [0.25, 0.3) is 5.95 Å². The largest absolute Gasteiger partial charge is 0.350 e. The number of hydrogen-bond acceptors (Lipinski definition) is 6. The van der Waals surface area contributed by atoms with Crippen LogP contribution in [0, 0.1) is 33.6 Å². The molecule has 2 fully saturated rings. The number of hydrogen-bond donors (Lipinski definition) is 0. The highest BCUT2D eigenvalue weighted by Gasteiger charge is 2.32. The Morgan fingerprint density at radius 1 is 1.07 bits per heavy atom. The molecule has 8 heteroatoms. The normalized spacial score (nSPS) is 18.6. The van der Waals surface area contributed by atoms with Crippen LogP contribution in [0.1, 0.15) is 41.2 Å². The number of carbonyl (C=O) groups is 1. The van der Waals surface area contributed by atoms with Crippen LogP contribution in [-0.2, 0) is 20.7 Å². The van der Waals surface area contributed by atoms with Gasteiger partial charge in [0, 0.05) is 41.7 Å². The molecule has 0 spiro atoms. The van der Waals surface area contributed by atoms with Gasteiger partial charge in [-0.3, -0.25) is 4.79 Å². The lowest BCUT2D eigenvalue weighted by Gasteiger charge is -2.34. The standard InChI is InChI=1S/C21H29N5O3/c1-13-11-14(2)23-21(22-13)26-16(4)18(15(3)24-26)12-19(27)25-7-5-17(6-8-25)20-28-9-10-29-20/h11,17,20H,5-10,12H2,1-4H3. The third-order valence-corrected chi connectivity index (χ3v) is 5.85. The van der Waals surface area contributed by atoms with Crippen molar-refractivity contribution < 1.29 is 14.3 Å². The van der Waals surface area contributed by atoms with Crippen molar-refractivity contribution in [2.75, 3.05) is 26.3 Å². The number of aryl methyl sites for hydroxylation is 3. The van der Waals surface area contributed by atoms with Gasteiger partial charge in [0.1, 0.15) is 0 Å². The molecule has 2 saturated heterocycles. The van der Waals surface area contributed by atoms with Crippen molar-refractivity contribution in [1.82, 2.24) is 24.6 Å². The van der Waals surface area contributed by atoms with E-state index in [0.717, 1.165) is 54.3 Å². The number of amides is 1. The summed E-state index contributed by atoms with van der Waals surface area (Å²) in [7, 11) is 0. The van der Waals surface area contributed by atoms with E-state index in [0.29, 0.717) is 31.5 Å². The minimum atomic E-state index is -0.0900. The van der Waals surface area contributed by atoms with Crippen LogP contribution in [0.25, 0.3) is 5.95 Å². The van der Waals surface area contributed by atoms with Gasteiger partial charge < -0.3 is 14.4 Å². The van der Waals surface area contributed by atoms with Gasteiger partial charge in [-0.1, -0.05) is 0 Å². The monoisotopic (exact) mass is 399 g/mol. The Morgan fingerprint density at radius 2 is 1.69 bits per heavy atom. The van der Waals surface area contributed by atoms with Gasteiger partial charge >= 0.3 is 0 Å². The van der Waals surface area contributed by atoms with Gasteiger partial charge in [-0.15, -0.1) is 0 Å². The van der Waals surface area contributed by atoms with E-state index in [1.165, 1.54) is 0 Å². The SMILES string of the molecule is Cc1cc(C)nc(-n2nc(C)c(CC(=O)N3CCC(C4OCCO4)CC3)c2C)n1. The van der Waals surface area contributed by atoms with E-state index >= 15 is 0 Å². The molecule has 0 N–H and O–H groups in total. The summed E-state index contributed by atoms with van der Waals surface area (Å²) < 4.78 is 13.0. The second-order valence-electron chi connectivity index (χ2n) is 8.02. The minimum Gasteiger partial charge on any atom is -0.350 e. The molecule has 1 amide bonds. The van der Waals surface area contributed by atoms with Crippen molar-refractivity contribution in [2.45, 2.75) is 53.2 Å². The number of carbonyl (C=O) groups excluding carboxylic acids is 1. The van der Waals surface area contributed by atoms with Gasteiger partial charge in [0.15, 0.2) is 6.29 Å². The maximum absolute atomic E-state index is 12.9. The Kier molecular flexibility index (Phi) is 5.65. The Morgan fingerprint density at radius 3 is 2.31 bits per heavy atom. The summed E-state index contributed by atoms with van der Waals surface area (Å²) in [5.74, 6) is 1.08. The number of nitrogens with zero attached hydrogens (tertiary/aromatic N) is 5. The van der Waals surface area contributed by atoms with Gasteiger partial charge in [-0.2, -0.15) is 5.10 Å². The molecule has 0 aromatic carbocycles. The van der Waals surface area contributed by atoms with Gasteiger partial charge in [-0.25, -0.2) is 14.6 Å². The molecule has 8 nitrogen and oxygen atoms in total. The summed E-state index contributed by atoms with van der Waals surface area (Å²) >= 11 is 0. The molecule has 0 bridgehead atoms. The Balaban J connectivity index is 1.44. The number of likely N-dealkylation sites (tertiary alicyclic amines) is 1. The smallest absolute Gasteiger partial charge is 0.251 e. The van der Waals surface area contributed by atoms with Crippen molar-refractivity contribution in [3.8, 4) is 5.95 Å². The van der Waals surface area contributed by atoms with Crippen molar-refractivity contribution in [2.24, 2.45) is 5.92 Å². The first kappa shape index (κ1) is 20.0. The summed E-state index contributed by atoms with van der Waals surface area (Å²) in [6, 6.07) is 1.94. The second-order valence-corrected chi connectivity index (χ2v) is 8.02. The molecule has 0 saturated carbocycles. The van der Waals surface area contributed by atoms with Crippen LogP contribution >= 0.6 is 0 Å². The average Bonchev–Trinajstić information content (AvgIpc) is 3.32. The highest BCUT2D eigenvalue weighted by molar-refractivity contribution is 5.79. The predicted molar refractivity (Wildman–Crippen MR) is 107 cm³/mol. The fraction of sp³-hybridized carbons (Fsp3) is 0.619. The quantitative estimate of drug-likeness (QED) is 0.783. The molecule has 4 rings (SSSR count). The topological polar surface area (TPSA) is 82.4 Å². The molecule has 0 aliphatic carbocycles. The lowest BCUT2D eigenvalue weighted by Crippen LogP contribution is -2.42. The summed E-state index contributed by atoms with van der Waals surface area (Å²) in [6.07, 6.45) is 2.10. The van der Waals surface area contributed by atoms with Crippen LogP contribution < -0.4 is 0 Å². The van der Waals surface area contributed by atoms with E-state index < -0.39 is 0 Å². The van der Waals surface area contributed by atoms with E-state index in [2.05, 4.69) is 15.1 Å². The maximum Gasteiger partial charge on any atom is 0.251 e. The average molecular weight is 399 g/mol. The minimum absolute atomic E-state index is 0.0900. The molecule has 4 heterocycles. The highest BCUT2D eigenvalue weighted by atomic mass is 16.7. The molecule has 156 valence electrons. The summed E-state index contributed by atoms with van der Waals surface area (Å²) in [5.41, 5.74) is 4.53.